The third kappa shape index (κ3) is 3.93. The summed E-state index contributed by atoms with van der Waals surface area (Å²) in [6.07, 6.45) is 0.757. The predicted octanol–water partition coefficient (Wildman–Crippen LogP) is 3.75. The molecule has 0 spiro atoms. The number of aryl methyl sites for hydroxylation is 2. The van der Waals surface area contributed by atoms with Gasteiger partial charge in [0.1, 0.15) is 12.4 Å². The lowest BCUT2D eigenvalue weighted by atomic mass is 10.1. The Morgan fingerprint density at radius 3 is 2.42 bits per heavy atom. The number of hydrogen-bond donors (Lipinski definition) is 0. The van der Waals surface area contributed by atoms with Crippen molar-refractivity contribution >= 4 is 17.0 Å². The van der Waals surface area contributed by atoms with E-state index in [-0.39, 0.29) is 24.8 Å². The summed E-state index contributed by atoms with van der Waals surface area (Å²) >= 11 is 0. The molecule has 3 rings (SSSR count). The maximum atomic E-state index is 12.8. The Balaban J connectivity index is 1.58. The molecule has 0 aliphatic heterocycles. The maximum absolute atomic E-state index is 12.8. The van der Waals surface area contributed by atoms with Gasteiger partial charge in [0.2, 0.25) is 0 Å². The summed E-state index contributed by atoms with van der Waals surface area (Å²) in [5, 5.41) is 0. The Morgan fingerprint density at radius 2 is 1.71 bits per heavy atom. The van der Waals surface area contributed by atoms with Crippen molar-refractivity contribution in [3.05, 3.63) is 71.3 Å². The van der Waals surface area contributed by atoms with Crippen molar-refractivity contribution in [2.24, 2.45) is 0 Å². The minimum absolute atomic E-state index is 0.103. The number of halogens is 1. The third-order valence-corrected chi connectivity index (χ3v) is 3.74. The standard InChI is InChI=1S/C19H17FN2O2/c1-13-18(22-17-5-3-2-4-16(17)21-13)12-24-19(23)11-8-14-6-9-15(20)10-7-14/h2-7,9-10H,8,11-12H2,1H3. The Hall–Kier alpha value is -2.82. The predicted molar refractivity (Wildman–Crippen MR) is 88.8 cm³/mol. The van der Waals surface area contributed by atoms with E-state index >= 15 is 0 Å². The highest BCUT2D eigenvalue weighted by Crippen LogP contribution is 2.13. The van der Waals surface area contributed by atoms with Gasteiger partial charge in [0.05, 0.1) is 22.4 Å². The number of nitrogens with zero attached hydrogens (tertiary/aromatic N) is 2. The molecular weight excluding hydrogens is 307 g/mol. The van der Waals surface area contributed by atoms with Crippen molar-refractivity contribution in [2.45, 2.75) is 26.4 Å². The van der Waals surface area contributed by atoms with Crippen molar-refractivity contribution in [3.63, 3.8) is 0 Å². The van der Waals surface area contributed by atoms with Crippen LogP contribution in [0.5, 0.6) is 0 Å². The summed E-state index contributed by atoms with van der Waals surface area (Å²) in [5.41, 5.74) is 3.90. The smallest absolute Gasteiger partial charge is 0.306 e. The second-order valence-electron chi connectivity index (χ2n) is 5.53. The van der Waals surface area contributed by atoms with Gasteiger partial charge in [-0.15, -0.1) is 0 Å². The molecule has 24 heavy (non-hydrogen) atoms. The first-order valence-electron chi connectivity index (χ1n) is 7.74. The lowest BCUT2D eigenvalue weighted by Gasteiger charge is -2.08. The number of esters is 1. The molecule has 0 aliphatic rings. The number of aromatic nitrogens is 2. The molecule has 0 bridgehead atoms. The number of ether oxygens (including phenoxy) is 1. The normalized spacial score (nSPS) is 10.8. The number of fused-ring (bicyclic) bond motifs is 1. The highest BCUT2D eigenvalue weighted by atomic mass is 19.1. The zero-order valence-electron chi connectivity index (χ0n) is 13.3. The first kappa shape index (κ1) is 16.1. The molecule has 4 nitrogen and oxygen atoms in total. The van der Waals surface area contributed by atoms with E-state index in [9.17, 15) is 9.18 Å². The van der Waals surface area contributed by atoms with E-state index in [1.165, 1.54) is 12.1 Å². The molecule has 0 radical (unpaired) electrons. The van der Waals surface area contributed by atoms with Gasteiger partial charge >= 0.3 is 5.97 Å². The molecule has 0 atom stereocenters. The number of para-hydroxylation sites is 2. The van der Waals surface area contributed by atoms with E-state index in [0.717, 1.165) is 22.3 Å². The van der Waals surface area contributed by atoms with E-state index in [2.05, 4.69) is 9.97 Å². The van der Waals surface area contributed by atoms with Gasteiger partial charge in [-0.05, 0) is 43.2 Å². The molecule has 0 N–H and O–H groups in total. The van der Waals surface area contributed by atoms with Crippen LogP contribution in [-0.2, 0) is 22.6 Å². The molecule has 1 aromatic heterocycles. The Labute approximate surface area is 139 Å². The lowest BCUT2D eigenvalue weighted by Crippen LogP contribution is -2.08. The highest BCUT2D eigenvalue weighted by Gasteiger charge is 2.09. The third-order valence-electron chi connectivity index (χ3n) is 3.74. The van der Waals surface area contributed by atoms with E-state index in [4.69, 9.17) is 4.74 Å². The van der Waals surface area contributed by atoms with Crippen molar-refractivity contribution in [1.82, 2.24) is 9.97 Å². The van der Waals surface area contributed by atoms with Gasteiger partial charge in [-0.3, -0.25) is 4.79 Å². The summed E-state index contributed by atoms with van der Waals surface area (Å²) in [6, 6.07) is 13.7. The summed E-state index contributed by atoms with van der Waals surface area (Å²) in [7, 11) is 0. The minimum Gasteiger partial charge on any atom is -0.459 e. The topological polar surface area (TPSA) is 52.1 Å². The molecule has 0 saturated heterocycles. The van der Waals surface area contributed by atoms with Crippen LogP contribution < -0.4 is 0 Å². The largest absolute Gasteiger partial charge is 0.459 e. The molecule has 122 valence electrons. The number of carbonyl (C=O) groups excluding carboxylic acids is 1. The number of hydrogen-bond acceptors (Lipinski definition) is 4. The van der Waals surface area contributed by atoms with Crippen LogP contribution in [-0.4, -0.2) is 15.9 Å². The second-order valence-corrected chi connectivity index (χ2v) is 5.53. The van der Waals surface area contributed by atoms with E-state index in [1.807, 2.05) is 31.2 Å². The molecule has 3 aromatic rings. The first-order chi connectivity index (χ1) is 11.6. The van der Waals surface area contributed by atoms with Crippen LogP contribution in [0.3, 0.4) is 0 Å². The monoisotopic (exact) mass is 324 g/mol. The van der Waals surface area contributed by atoms with Crippen LogP contribution >= 0.6 is 0 Å². The Morgan fingerprint density at radius 1 is 1.04 bits per heavy atom. The van der Waals surface area contributed by atoms with Gasteiger partial charge in [0, 0.05) is 6.42 Å². The Bertz CT molecular complexity index is 863. The van der Waals surface area contributed by atoms with E-state index < -0.39 is 0 Å². The highest BCUT2D eigenvalue weighted by molar-refractivity contribution is 5.74. The van der Waals surface area contributed by atoms with E-state index in [0.29, 0.717) is 12.1 Å². The molecule has 1 heterocycles. The zero-order chi connectivity index (χ0) is 16.9. The van der Waals surface area contributed by atoms with E-state index in [1.54, 1.807) is 12.1 Å². The molecule has 0 amide bonds. The Kier molecular flexibility index (Phi) is 4.79. The molecule has 0 unspecified atom stereocenters. The summed E-state index contributed by atoms with van der Waals surface area (Å²) in [5.74, 6) is -0.597. The van der Waals surface area contributed by atoms with Gasteiger partial charge in [0.25, 0.3) is 0 Å². The van der Waals surface area contributed by atoms with Gasteiger partial charge in [-0.2, -0.15) is 0 Å². The summed E-state index contributed by atoms with van der Waals surface area (Å²) < 4.78 is 18.1. The van der Waals surface area contributed by atoms with Crippen molar-refractivity contribution in [1.29, 1.82) is 0 Å². The van der Waals surface area contributed by atoms with Crippen molar-refractivity contribution in [3.8, 4) is 0 Å². The average Bonchev–Trinajstić information content (AvgIpc) is 2.59. The molecule has 0 fully saturated rings. The SMILES string of the molecule is Cc1nc2ccccc2nc1COC(=O)CCc1ccc(F)cc1. The first-order valence-corrected chi connectivity index (χ1v) is 7.74. The summed E-state index contributed by atoms with van der Waals surface area (Å²) in [4.78, 5) is 20.8. The maximum Gasteiger partial charge on any atom is 0.306 e. The zero-order valence-corrected chi connectivity index (χ0v) is 13.3. The number of rotatable bonds is 5. The van der Waals surface area contributed by atoms with Gasteiger partial charge in [0.15, 0.2) is 0 Å². The fraction of sp³-hybridized carbons (Fsp3) is 0.211. The van der Waals surface area contributed by atoms with Crippen LogP contribution in [0.2, 0.25) is 0 Å². The minimum atomic E-state index is -0.311. The van der Waals surface area contributed by atoms with Crippen LogP contribution in [0.4, 0.5) is 4.39 Å². The number of benzene rings is 2. The molecule has 2 aromatic carbocycles. The fourth-order valence-corrected chi connectivity index (χ4v) is 2.38. The van der Waals surface area contributed by atoms with Gasteiger partial charge in [-0.25, -0.2) is 14.4 Å². The van der Waals surface area contributed by atoms with Crippen LogP contribution in [0, 0.1) is 12.7 Å². The molecular formula is C19H17FN2O2. The van der Waals surface area contributed by atoms with Gasteiger partial charge in [-0.1, -0.05) is 24.3 Å². The average molecular weight is 324 g/mol. The summed E-state index contributed by atoms with van der Waals surface area (Å²) in [6.45, 7) is 1.95. The molecule has 0 saturated carbocycles. The van der Waals surface area contributed by atoms with Crippen molar-refractivity contribution < 1.29 is 13.9 Å². The molecule has 5 heteroatoms. The van der Waals surface area contributed by atoms with Gasteiger partial charge < -0.3 is 4.74 Å². The van der Waals surface area contributed by atoms with Crippen LogP contribution in [0.1, 0.15) is 23.4 Å². The van der Waals surface area contributed by atoms with Crippen LogP contribution in [0.25, 0.3) is 11.0 Å². The van der Waals surface area contributed by atoms with Crippen molar-refractivity contribution in [2.75, 3.05) is 0 Å². The van der Waals surface area contributed by atoms with Crippen LogP contribution in [0.15, 0.2) is 48.5 Å². The quantitative estimate of drug-likeness (QED) is 0.671. The molecule has 0 aliphatic carbocycles. The second kappa shape index (κ2) is 7.17. The fourth-order valence-electron chi connectivity index (χ4n) is 2.38. The lowest BCUT2D eigenvalue weighted by molar-refractivity contribution is -0.145. The number of carbonyl (C=O) groups is 1.